The molecule has 1 aliphatic carbocycles. The molecule has 0 aliphatic heterocycles. The summed E-state index contributed by atoms with van der Waals surface area (Å²) < 4.78 is 2.00. The summed E-state index contributed by atoms with van der Waals surface area (Å²) in [5.74, 6) is 1.23. The van der Waals surface area contributed by atoms with Crippen molar-refractivity contribution in [1.29, 1.82) is 0 Å². The zero-order chi connectivity index (χ0) is 12.3. The Balaban J connectivity index is 1.63. The van der Waals surface area contributed by atoms with E-state index in [1.165, 1.54) is 0 Å². The van der Waals surface area contributed by atoms with Crippen LogP contribution < -0.4 is 5.32 Å². The Bertz CT molecular complexity index is 384. The molecule has 0 bridgehead atoms. The van der Waals surface area contributed by atoms with Gasteiger partial charge in [-0.1, -0.05) is 0 Å². The average Bonchev–Trinajstić information content (AvgIpc) is 3.08. The van der Waals surface area contributed by atoms with Gasteiger partial charge in [0, 0.05) is 45.5 Å². The van der Waals surface area contributed by atoms with E-state index in [1.54, 1.807) is 6.20 Å². The maximum absolute atomic E-state index is 11.7. The van der Waals surface area contributed by atoms with Gasteiger partial charge >= 0.3 is 0 Å². The van der Waals surface area contributed by atoms with Gasteiger partial charge in [-0.05, 0) is 12.8 Å². The third-order valence-electron chi connectivity index (χ3n) is 3.21. The van der Waals surface area contributed by atoms with Crippen LogP contribution in [0.3, 0.4) is 0 Å². The van der Waals surface area contributed by atoms with E-state index in [2.05, 4.69) is 10.3 Å². The molecule has 1 aliphatic rings. The molecule has 1 amide bonds. The summed E-state index contributed by atoms with van der Waals surface area (Å²) in [4.78, 5) is 17.8. The monoisotopic (exact) mass is 236 g/mol. The number of aromatic nitrogens is 2. The number of nitrogens with one attached hydrogen (secondary N) is 1. The number of nitrogens with zero attached hydrogens (tertiary/aromatic N) is 3. The summed E-state index contributed by atoms with van der Waals surface area (Å²) in [6.45, 7) is 1.21. The Hall–Kier alpha value is -1.36. The lowest BCUT2D eigenvalue weighted by Crippen LogP contribution is -2.37. The van der Waals surface area contributed by atoms with Crippen molar-refractivity contribution in [1.82, 2.24) is 19.8 Å². The van der Waals surface area contributed by atoms with Crippen LogP contribution in [-0.2, 0) is 18.3 Å². The molecule has 1 fully saturated rings. The Labute approximate surface area is 102 Å². The fourth-order valence-corrected chi connectivity index (χ4v) is 1.82. The SMILES string of the molecule is CN(C(=O)CNCCc1nccn1C)C1CC1. The minimum Gasteiger partial charge on any atom is -0.342 e. The third kappa shape index (κ3) is 3.30. The van der Waals surface area contributed by atoms with Crippen molar-refractivity contribution in [3.8, 4) is 0 Å². The van der Waals surface area contributed by atoms with Crippen LogP contribution in [-0.4, -0.2) is 46.5 Å². The van der Waals surface area contributed by atoms with Crippen LogP contribution in [0.1, 0.15) is 18.7 Å². The highest BCUT2D eigenvalue weighted by atomic mass is 16.2. The molecular weight excluding hydrogens is 216 g/mol. The van der Waals surface area contributed by atoms with Crippen LogP contribution in [0.5, 0.6) is 0 Å². The Kier molecular flexibility index (Phi) is 3.78. The van der Waals surface area contributed by atoms with Gasteiger partial charge in [-0.3, -0.25) is 4.79 Å². The quantitative estimate of drug-likeness (QED) is 0.717. The second-order valence-corrected chi connectivity index (χ2v) is 4.62. The highest BCUT2D eigenvalue weighted by molar-refractivity contribution is 5.78. The minimum atomic E-state index is 0.187. The maximum atomic E-state index is 11.7. The summed E-state index contributed by atoms with van der Waals surface area (Å²) in [7, 11) is 3.87. The molecule has 0 saturated heterocycles. The highest BCUT2D eigenvalue weighted by Gasteiger charge is 2.28. The van der Waals surface area contributed by atoms with Gasteiger partial charge < -0.3 is 14.8 Å². The van der Waals surface area contributed by atoms with Gasteiger partial charge in [-0.15, -0.1) is 0 Å². The summed E-state index contributed by atoms with van der Waals surface area (Å²) in [5.41, 5.74) is 0. The predicted molar refractivity (Wildman–Crippen MR) is 65.6 cm³/mol. The van der Waals surface area contributed by atoms with Crippen LogP contribution in [0.4, 0.5) is 0 Å². The molecular formula is C12H20N4O. The van der Waals surface area contributed by atoms with Gasteiger partial charge in [0.1, 0.15) is 5.82 Å². The van der Waals surface area contributed by atoms with Gasteiger partial charge in [0.15, 0.2) is 0 Å². The first-order valence-corrected chi connectivity index (χ1v) is 6.11. The molecule has 0 radical (unpaired) electrons. The Morgan fingerprint density at radius 3 is 3.00 bits per heavy atom. The van der Waals surface area contributed by atoms with Crippen molar-refractivity contribution in [2.24, 2.45) is 7.05 Å². The van der Waals surface area contributed by atoms with Crippen molar-refractivity contribution in [3.05, 3.63) is 18.2 Å². The summed E-state index contributed by atoms with van der Waals surface area (Å²) >= 11 is 0. The highest BCUT2D eigenvalue weighted by Crippen LogP contribution is 2.24. The van der Waals surface area contributed by atoms with Gasteiger partial charge in [0.05, 0.1) is 6.54 Å². The predicted octanol–water partition coefficient (Wildman–Crippen LogP) is 0.173. The molecule has 94 valence electrons. The molecule has 1 aromatic rings. The molecule has 5 heteroatoms. The average molecular weight is 236 g/mol. The van der Waals surface area contributed by atoms with Crippen molar-refractivity contribution in [2.45, 2.75) is 25.3 Å². The topological polar surface area (TPSA) is 50.2 Å². The number of rotatable bonds is 6. The normalized spacial score (nSPS) is 14.9. The van der Waals surface area contributed by atoms with E-state index in [1.807, 2.05) is 29.8 Å². The second kappa shape index (κ2) is 5.31. The van der Waals surface area contributed by atoms with Crippen molar-refractivity contribution < 1.29 is 4.79 Å². The van der Waals surface area contributed by atoms with Crippen LogP contribution >= 0.6 is 0 Å². The van der Waals surface area contributed by atoms with Crippen LogP contribution in [0.25, 0.3) is 0 Å². The van der Waals surface area contributed by atoms with Crippen molar-refractivity contribution >= 4 is 5.91 Å². The summed E-state index contributed by atoms with van der Waals surface area (Å²) in [5, 5.41) is 3.17. The molecule has 0 atom stereocenters. The fourth-order valence-electron chi connectivity index (χ4n) is 1.82. The number of hydrogen-bond acceptors (Lipinski definition) is 3. The lowest BCUT2D eigenvalue weighted by Gasteiger charge is -2.16. The number of aryl methyl sites for hydroxylation is 1. The molecule has 0 aromatic carbocycles. The number of hydrogen-bond donors (Lipinski definition) is 1. The molecule has 5 nitrogen and oxygen atoms in total. The fraction of sp³-hybridized carbons (Fsp3) is 0.667. The first kappa shape index (κ1) is 12.1. The number of amides is 1. The van der Waals surface area contributed by atoms with Crippen molar-refractivity contribution in [2.75, 3.05) is 20.1 Å². The minimum absolute atomic E-state index is 0.187. The summed E-state index contributed by atoms with van der Waals surface area (Å²) in [6, 6.07) is 0.499. The van der Waals surface area contributed by atoms with Crippen molar-refractivity contribution in [3.63, 3.8) is 0 Å². The molecule has 0 unspecified atom stereocenters. The van der Waals surface area contributed by atoms with E-state index in [4.69, 9.17) is 0 Å². The lowest BCUT2D eigenvalue weighted by atomic mass is 10.4. The standard InChI is InChI=1S/C12H20N4O/c1-15-8-7-14-11(15)5-6-13-9-12(17)16(2)10-3-4-10/h7-8,10,13H,3-6,9H2,1-2H3. The zero-order valence-corrected chi connectivity index (χ0v) is 10.5. The Morgan fingerprint density at radius 1 is 1.65 bits per heavy atom. The molecule has 1 aromatic heterocycles. The zero-order valence-electron chi connectivity index (χ0n) is 10.5. The van der Waals surface area contributed by atoms with E-state index in [9.17, 15) is 4.79 Å². The largest absolute Gasteiger partial charge is 0.342 e. The van der Waals surface area contributed by atoms with Gasteiger partial charge in [0.25, 0.3) is 0 Å². The first-order valence-electron chi connectivity index (χ1n) is 6.11. The molecule has 1 saturated carbocycles. The molecule has 1 heterocycles. The van der Waals surface area contributed by atoms with E-state index in [0.29, 0.717) is 12.6 Å². The number of carbonyl (C=O) groups is 1. The van der Waals surface area contributed by atoms with Gasteiger partial charge in [0.2, 0.25) is 5.91 Å². The second-order valence-electron chi connectivity index (χ2n) is 4.62. The van der Waals surface area contributed by atoms with Crippen LogP contribution in [0, 0.1) is 0 Å². The molecule has 1 N–H and O–H groups in total. The smallest absolute Gasteiger partial charge is 0.236 e. The number of likely N-dealkylation sites (N-methyl/N-ethyl adjacent to an activating group) is 1. The summed E-state index contributed by atoms with van der Waals surface area (Å²) in [6.07, 6.45) is 6.90. The molecule has 2 rings (SSSR count). The van der Waals surface area contributed by atoms with E-state index < -0.39 is 0 Å². The van der Waals surface area contributed by atoms with Gasteiger partial charge in [-0.2, -0.15) is 0 Å². The van der Waals surface area contributed by atoms with E-state index >= 15 is 0 Å². The maximum Gasteiger partial charge on any atom is 0.236 e. The van der Waals surface area contributed by atoms with E-state index in [-0.39, 0.29) is 5.91 Å². The lowest BCUT2D eigenvalue weighted by molar-refractivity contribution is -0.129. The first-order chi connectivity index (χ1) is 8.18. The number of carbonyl (C=O) groups excluding carboxylic acids is 1. The Morgan fingerprint density at radius 2 is 2.41 bits per heavy atom. The number of imidazole rings is 1. The van der Waals surface area contributed by atoms with Gasteiger partial charge in [-0.25, -0.2) is 4.98 Å². The van der Waals surface area contributed by atoms with Crippen LogP contribution in [0.15, 0.2) is 12.4 Å². The third-order valence-corrected chi connectivity index (χ3v) is 3.21. The van der Waals surface area contributed by atoms with E-state index in [0.717, 1.165) is 31.6 Å². The molecule has 0 spiro atoms. The van der Waals surface area contributed by atoms with Crippen LogP contribution in [0.2, 0.25) is 0 Å². The molecule has 17 heavy (non-hydrogen) atoms.